The predicted octanol–water partition coefficient (Wildman–Crippen LogP) is 2.55. The Balaban J connectivity index is 1.37. The lowest BCUT2D eigenvalue weighted by Crippen LogP contribution is -2.46. The smallest absolute Gasteiger partial charge is 0.228 e. The van der Waals surface area contributed by atoms with Gasteiger partial charge in [-0.15, -0.1) is 0 Å². The van der Waals surface area contributed by atoms with Crippen molar-refractivity contribution in [3.05, 3.63) is 72.8 Å². The van der Waals surface area contributed by atoms with E-state index in [9.17, 15) is 4.79 Å². The van der Waals surface area contributed by atoms with Crippen LogP contribution in [-0.4, -0.2) is 33.3 Å². The number of aromatic nitrogens is 3. The summed E-state index contributed by atoms with van der Waals surface area (Å²) in [6.07, 6.45) is 2.97. The number of hydrogen-bond acceptors (Lipinski definition) is 4. The molecule has 0 unspecified atom stereocenters. The molecule has 1 fully saturated rings. The van der Waals surface area contributed by atoms with Crippen molar-refractivity contribution >= 4 is 11.6 Å². The zero-order valence-electron chi connectivity index (χ0n) is 14.5. The van der Waals surface area contributed by atoms with E-state index in [4.69, 9.17) is 0 Å². The fourth-order valence-electron chi connectivity index (χ4n) is 3.29. The van der Waals surface area contributed by atoms with E-state index >= 15 is 0 Å². The summed E-state index contributed by atoms with van der Waals surface area (Å²) in [6, 6.07) is 19.9. The van der Waals surface area contributed by atoms with Gasteiger partial charge in [0.1, 0.15) is 12.2 Å². The summed E-state index contributed by atoms with van der Waals surface area (Å²) in [6.45, 7) is 1.31. The fraction of sp³-hybridized carbons (Fsp3) is 0.250. The van der Waals surface area contributed by atoms with Crippen molar-refractivity contribution in [2.45, 2.75) is 25.4 Å². The summed E-state index contributed by atoms with van der Waals surface area (Å²) in [7, 11) is 0. The van der Waals surface area contributed by atoms with E-state index in [0.29, 0.717) is 13.0 Å². The second kappa shape index (κ2) is 7.49. The highest BCUT2D eigenvalue weighted by atomic mass is 16.2. The molecule has 1 amide bonds. The van der Waals surface area contributed by atoms with Gasteiger partial charge in [-0.25, -0.2) is 9.67 Å². The Morgan fingerprint density at radius 1 is 1.00 bits per heavy atom. The number of piperidine rings is 1. The third-order valence-electron chi connectivity index (χ3n) is 4.66. The van der Waals surface area contributed by atoms with Gasteiger partial charge >= 0.3 is 0 Å². The van der Waals surface area contributed by atoms with Crippen LogP contribution in [0, 0.1) is 0 Å². The lowest BCUT2D eigenvalue weighted by atomic mass is 10.0. The standard InChI is InChI=1S/C20H21N5O/c26-20-13-16(11-12-24(20)17-7-3-1-4-8-17)21-14-19-22-15-23-25(19)18-9-5-2-6-10-18/h1-10,15-16,21H,11-14H2/t16-/m0/s1. The number of carbonyl (C=O) groups excluding carboxylic acids is 1. The van der Waals surface area contributed by atoms with E-state index in [1.165, 1.54) is 0 Å². The Kier molecular flexibility index (Phi) is 4.75. The molecule has 132 valence electrons. The first-order chi connectivity index (χ1) is 12.8. The van der Waals surface area contributed by atoms with E-state index in [-0.39, 0.29) is 11.9 Å². The highest BCUT2D eigenvalue weighted by molar-refractivity contribution is 5.94. The minimum Gasteiger partial charge on any atom is -0.312 e. The number of amides is 1. The normalized spacial score (nSPS) is 17.5. The third kappa shape index (κ3) is 3.50. The van der Waals surface area contributed by atoms with Gasteiger partial charge < -0.3 is 10.2 Å². The molecule has 0 spiro atoms. The molecule has 2 heterocycles. The van der Waals surface area contributed by atoms with Crippen molar-refractivity contribution in [2.75, 3.05) is 11.4 Å². The molecule has 1 atom stereocenters. The molecule has 0 aliphatic carbocycles. The van der Waals surface area contributed by atoms with Gasteiger partial charge in [0.05, 0.1) is 12.2 Å². The Morgan fingerprint density at radius 2 is 1.69 bits per heavy atom. The second-order valence-electron chi connectivity index (χ2n) is 6.38. The number of para-hydroxylation sites is 2. The van der Waals surface area contributed by atoms with Gasteiger partial charge in [0.15, 0.2) is 0 Å². The molecule has 3 aromatic rings. The maximum absolute atomic E-state index is 12.5. The molecular formula is C20H21N5O. The zero-order valence-corrected chi connectivity index (χ0v) is 14.5. The van der Waals surface area contributed by atoms with Crippen LogP contribution in [0.3, 0.4) is 0 Å². The van der Waals surface area contributed by atoms with Crippen LogP contribution in [0.25, 0.3) is 5.69 Å². The van der Waals surface area contributed by atoms with Gasteiger partial charge in [0, 0.05) is 24.7 Å². The minimum absolute atomic E-state index is 0.156. The summed E-state index contributed by atoms with van der Waals surface area (Å²) in [5.74, 6) is 0.999. The van der Waals surface area contributed by atoms with E-state index in [1.54, 1.807) is 6.33 Å². The highest BCUT2D eigenvalue weighted by Gasteiger charge is 2.26. The van der Waals surface area contributed by atoms with Gasteiger partial charge in [-0.1, -0.05) is 36.4 Å². The molecule has 1 saturated heterocycles. The Hall–Kier alpha value is -2.99. The molecule has 6 heteroatoms. The van der Waals surface area contributed by atoms with E-state index in [1.807, 2.05) is 70.2 Å². The van der Waals surface area contributed by atoms with Gasteiger partial charge in [-0.3, -0.25) is 4.79 Å². The van der Waals surface area contributed by atoms with Crippen LogP contribution >= 0.6 is 0 Å². The number of anilines is 1. The van der Waals surface area contributed by atoms with Gasteiger partial charge in [-0.2, -0.15) is 5.10 Å². The Bertz CT molecular complexity index is 862. The van der Waals surface area contributed by atoms with Crippen molar-refractivity contribution in [1.29, 1.82) is 0 Å². The molecular weight excluding hydrogens is 326 g/mol. The van der Waals surface area contributed by atoms with Crippen LogP contribution in [0.1, 0.15) is 18.7 Å². The average Bonchev–Trinajstić information content (AvgIpc) is 3.16. The molecule has 0 bridgehead atoms. The molecule has 1 aliphatic heterocycles. The van der Waals surface area contributed by atoms with Crippen LogP contribution in [0.5, 0.6) is 0 Å². The second-order valence-corrected chi connectivity index (χ2v) is 6.38. The monoisotopic (exact) mass is 347 g/mol. The first-order valence-electron chi connectivity index (χ1n) is 8.84. The highest BCUT2D eigenvalue weighted by Crippen LogP contribution is 2.21. The summed E-state index contributed by atoms with van der Waals surface area (Å²) < 4.78 is 1.83. The summed E-state index contributed by atoms with van der Waals surface area (Å²) in [4.78, 5) is 18.7. The zero-order chi connectivity index (χ0) is 17.8. The molecule has 4 rings (SSSR count). The largest absolute Gasteiger partial charge is 0.312 e. The quantitative estimate of drug-likeness (QED) is 0.770. The number of carbonyl (C=O) groups is 1. The van der Waals surface area contributed by atoms with Gasteiger partial charge in [0.2, 0.25) is 5.91 Å². The molecule has 26 heavy (non-hydrogen) atoms. The van der Waals surface area contributed by atoms with E-state index in [0.717, 1.165) is 30.2 Å². The van der Waals surface area contributed by atoms with Crippen molar-refractivity contribution in [3.63, 3.8) is 0 Å². The van der Waals surface area contributed by atoms with Gasteiger partial charge in [-0.05, 0) is 30.7 Å². The summed E-state index contributed by atoms with van der Waals surface area (Å²) in [5, 5.41) is 7.77. The van der Waals surface area contributed by atoms with Crippen LogP contribution < -0.4 is 10.2 Å². The Labute approximate surface area is 152 Å². The number of nitrogens with one attached hydrogen (secondary N) is 1. The van der Waals surface area contributed by atoms with Gasteiger partial charge in [0.25, 0.3) is 0 Å². The van der Waals surface area contributed by atoms with Crippen molar-refractivity contribution in [3.8, 4) is 5.69 Å². The molecule has 1 aliphatic rings. The maximum Gasteiger partial charge on any atom is 0.228 e. The molecule has 0 saturated carbocycles. The van der Waals surface area contributed by atoms with E-state index in [2.05, 4.69) is 15.4 Å². The first-order valence-corrected chi connectivity index (χ1v) is 8.84. The van der Waals surface area contributed by atoms with Crippen molar-refractivity contribution in [1.82, 2.24) is 20.1 Å². The molecule has 6 nitrogen and oxygen atoms in total. The third-order valence-corrected chi connectivity index (χ3v) is 4.66. The molecule has 1 N–H and O–H groups in total. The topological polar surface area (TPSA) is 63.1 Å². The number of nitrogens with zero attached hydrogens (tertiary/aromatic N) is 4. The van der Waals surface area contributed by atoms with Crippen LogP contribution in [-0.2, 0) is 11.3 Å². The fourth-order valence-corrected chi connectivity index (χ4v) is 3.29. The van der Waals surface area contributed by atoms with E-state index < -0.39 is 0 Å². The maximum atomic E-state index is 12.5. The number of rotatable bonds is 5. The molecule has 1 aromatic heterocycles. The minimum atomic E-state index is 0.156. The van der Waals surface area contributed by atoms with Crippen LogP contribution in [0.2, 0.25) is 0 Å². The Morgan fingerprint density at radius 3 is 2.38 bits per heavy atom. The average molecular weight is 347 g/mol. The summed E-state index contributed by atoms with van der Waals surface area (Å²) >= 11 is 0. The predicted molar refractivity (Wildman–Crippen MR) is 100 cm³/mol. The van der Waals surface area contributed by atoms with Crippen molar-refractivity contribution < 1.29 is 4.79 Å². The number of benzene rings is 2. The SMILES string of the molecule is O=C1C[C@@H](NCc2ncnn2-c2ccccc2)CCN1c1ccccc1. The van der Waals surface area contributed by atoms with Crippen LogP contribution in [0.15, 0.2) is 67.0 Å². The molecule has 2 aromatic carbocycles. The van der Waals surface area contributed by atoms with Crippen LogP contribution in [0.4, 0.5) is 5.69 Å². The number of hydrogen-bond donors (Lipinski definition) is 1. The lowest BCUT2D eigenvalue weighted by molar-refractivity contribution is -0.120. The molecule has 0 radical (unpaired) electrons. The summed E-state index contributed by atoms with van der Waals surface area (Å²) in [5.41, 5.74) is 1.96. The lowest BCUT2D eigenvalue weighted by Gasteiger charge is -2.32. The van der Waals surface area contributed by atoms with Crippen molar-refractivity contribution in [2.24, 2.45) is 0 Å². The first kappa shape index (κ1) is 16.5.